The molecule has 3 atom stereocenters. The van der Waals surface area contributed by atoms with Crippen LogP contribution in [0.1, 0.15) is 81.1 Å². The molecule has 0 saturated carbocycles. The molecule has 1 aliphatic heterocycles. The SMILES string of the molecule is CC(=O)/C=C/OC1CCCC[C@H](N(C(=O)OC(C)(C)C)C(=O)OC(C)(C)C)C(=O)OC1C. The Balaban J connectivity index is 3.15. The number of hydrogen-bond donors (Lipinski definition) is 0. The number of imide groups is 1. The zero-order valence-electron chi connectivity index (χ0n) is 20.4. The van der Waals surface area contributed by atoms with E-state index < -0.39 is 47.6 Å². The molecule has 1 fully saturated rings. The molecule has 0 aromatic heterocycles. The summed E-state index contributed by atoms with van der Waals surface area (Å²) >= 11 is 0. The van der Waals surface area contributed by atoms with E-state index in [1.54, 1.807) is 48.5 Å². The Morgan fingerprint density at radius 1 is 0.969 bits per heavy atom. The van der Waals surface area contributed by atoms with Crippen LogP contribution in [0.15, 0.2) is 12.3 Å². The summed E-state index contributed by atoms with van der Waals surface area (Å²) in [5, 5.41) is 0. The molecule has 0 N–H and O–H groups in total. The Labute approximate surface area is 190 Å². The Morgan fingerprint density at radius 2 is 1.47 bits per heavy atom. The van der Waals surface area contributed by atoms with Gasteiger partial charge < -0.3 is 18.9 Å². The number of rotatable bonds is 4. The third-order valence-electron chi connectivity index (χ3n) is 4.36. The first-order chi connectivity index (χ1) is 14.6. The molecule has 0 spiro atoms. The number of ether oxygens (including phenoxy) is 4. The van der Waals surface area contributed by atoms with Gasteiger partial charge in [-0.25, -0.2) is 14.4 Å². The molecule has 0 bridgehead atoms. The van der Waals surface area contributed by atoms with E-state index in [1.807, 2.05) is 0 Å². The van der Waals surface area contributed by atoms with E-state index in [9.17, 15) is 19.2 Å². The van der Waals surface area contributed by atoms with Gasteiger partial charge in [-0.3, -0.25) is 4.79 Å². The maximum atomic E-state index is 13.0. The first kappa shape index (κ1) is 27.5. The molecule has 32 heavy (non-hydrogen) atoms. The smallest absolute Gasteiger partial charge is 0.420 e. The highest BCUT2D eigenvalue weighted by Crippen LogP contribution is 2.24. The van der Waals surface area contributed by atoms with E-state index in [0.717, 1.165) is 0 Å². The summed E-state index contributed by atoms with van der Waals surface area (Å²) in [7, 11) is 0. The lowest BCUT2D eigenvalue weighted by Crippen LogP contribution is -2.52. The Morgan fingerprint density at radius 3 is 1.94 bits per heavy atom. The number of nitrogens with zero attached hydrogens (tertiary/aromatic N) is 1. The van der Waals surface area contributed by atoms with Crippen molar-refractivity contribution in [3.05, 3.63) is 12.3 Å². The molecule has 0 aliphatic carbocycles. The lowest BCUT2D eigenvalue weighted by Gasteiger charge is -2.32. The molecular formula is C23H37NO8. The van der Waals surface area contributed by atoms with E-state index >= 15 is 0 Å². The normalized spacial score (nSPS) is 22.8. The number of cyclic esters (lactones) is 1. The van der Waals surface area contributed by atoms with Gasteiger partial charge in [0.2, 0.25) is 0 Å². The third kappa shape index (κ3) is 9.70. The van der Waals surface area contributed by atoms with E-state index in [0.29, 0.717) is 24.2 Å². The predicted molar refractivity (Wildman–Crippen MR) is 117 cm³/mol. The van der Waals surface area contributed by atoms with E-state index in [2.05, 4.69) is 0 Å². The number of ketones is 1. The molecule has 1 heterocycles. The van der Waals surface area contributed by atoms with E-state index in [-0.39, 0.29) is 12.2 Å². The van der Waals surface area contributed by atoms with Crippen molar-refractivity contribution in [1.29, 1.82) is 0 Å². The molecule has 0 aromatic carbocycles. The fourth-order valence-electron chi connectivity index (χ4n) is 2.97. The van der Waals surface area contributed by atoms with Crippen LogP contribution < -0.4 is 0 Å². The second kappa shape index (κ2) is 11.3. The topological polar surface area (TPSA) is 108 Å². The summed E-state index contributed by atoms with van der Waals surface area (Å²) < 4.78 is 21.9. The van der Waals surface area contributed by atoms with Crippen molar-refractivity contribution in [2.75, 3.05) is 0 Å². The lowest BCUT2D eigenvalue weighted by atomic mass is 10.0. The minimum Gasteiger partial charge on any atom is -0.494 e. The van der Waals surface area contributed by atoms with Gasteiger partial charge in [-0.2, -0.15) is 4.90 Å². The fraction of sp³-hybridized carbons (Fsp3) is 0.739. The van der Waals surface area contributed by atoms with Crippen molar-refractivity contribution in [1.82, 2.24) is 4.90 Å². The molecule has 2 unspecified atom stereocenters. The maximum absolute atomic E-state index is 13.0. The highest BCUT2D eigenvalue weighted by Gasteiger charge is 2.42. The third-order valence-corrected chi connectivity index (χ3v) is 4.36. The van der Waals surface area contributed by atoms with Gasteiger partial charge in [0.05, 0.1) is 6.26 Å². The van der Waals surface area contributed by atoms with Crippen LogP contribution in [0, 0.1) is 0 Å². The van der Waals surface area contributed by atoms with Crippen molar-refractivity contribution in [2.24, 2.45) is 0 Å². The molecule has 1 aliphatic rings. The Kier molecular flexibility index (Phi) is 9.72. The highest BCUT2D eigenvalue weighted by atomic mass is 16.6. The van der Waals surface area contributed by atoms with Gasteiger partial charge >= 0.3 is 18.2 Å². The van der Waals surface area contributed by atoms with Gasteiger partial charge in [-0.05, 0) is 74.7 Å². The molecule has 0 radical (unpaired) electrons. The number of hydrogen-bond acceptors (Lipinski definition) is 8. The predicted octanol–water partition coefficient (Wildman–Crippen LogP) is 4.52. The van der Waals surface area contributed by atoms with Crippen LogP contribution in [0.2, 0.25) is 0 Å². The second-order valence-electron chi connectivity index (χ2n) is 9.86. The molecule has 182 valence electrons. The van der Waals surface area contributed by atoms with Crippen LogP contribution in [0.5, 0.6) is 0 Å². The molecule has 0 aromatic rings. The van der Waals surface area contributed by atoms with Crippen LogP contribution in [0.4, 0.5) is 9.59 Å². The van der Waals surface area contributed by atoms with Gasteiger partial charge in [0, 0.05) is 6.08 Å². The van der Waals surface area contributed by atoms with Crippen LogP contribution >= 0.6 is 0 Å². The molecule has 9 nitrogen and oxygen atoms in total. The Hall–Kier alpha value is -2.58. The van der Waals surface area contributed by atoms with Crippen molar-refractivity contribution in [2.45, 2.75) is 111 Å². The summed E-state index contributed by atoms with van der Waals surface area (Å²) in [5.74, 6) is -0.914. The molecule has 9 heteroatoms. The molecule has 1 saturated heterocycles. The summed E-state index contributed by atoms with van der Waals surface area (Å²) in [5.41, 5.74) is -1.76. The lowest BCUT2D eigenvalue weighted by molar-refractivity contribution is -0.159. The number of carbonyl (C=O) groups excluding carboxylic acids is 4. The number of allylic oxidation sites excluding steroid dienone is 1. The molecule has 2 amide bonds. The minimum absolute atomic E-state index is 0.164. The van der Waals surface area contributed by atoms with Gasteiger partial charge in [0.1, 0.15) is 29.5 Å². The standard InChI is InChI=1S/C23H37NO8/c1-15(25)13-14-29-18-12-10-9-11-17(19(26)30-16(18)2)24(20(27)31-22(3,4)5)21(28)32-23(6,7)8/h13-14,16-18H,9-12H2,1-8H3/b14-13+/t16?,17-,18?/m0/s1. The quantitative estimate of drug-likeness (QED) is 0.263. The molecular weight excluding hydrogens is 418 g/mol. The van der Waals surface area contributed by atoms with Crippen molar-refractivity contribution in [3.63, 3.8) is 0 Å². The first-order valence-corrected chi connectivity index (χ1v) is 10.9. The number of amides is 2. The van der Waals surface area contributed by atoms with Crippen LogP contribution in [-0.2, 0) is 28.5 Å². The second-order valence-corrected chi connectivity index (χ2v) is 9.86. The van der Waals surface area contributed by atoms with Gasteiger partial charge in [0.15, 0.2) is 5.78 Å². The maximum Gasteiger partial charge on any atom is 0.420 e. The van der Waals surface area contributed by atoms with Crippen molar-refractivity contribution >= 4 is 23.9 Å². The van der Waals surface area contributed by atoms with Crippen LogP contribution in [0.25, 0.3) is 0 Å². The van der Waals surface area contributed by atoms with E-state index in [1.165, 1.54) is 19.3 Å². The van der Waals surface area contributed by atoms with Gasteiger partial charge in [-0.1, -0.05) is 6.42 Å². The zero-order valence-corrected chi connectivity index (χ0v) is 20.4. The zero-order chi connectivity index (χ0) is 24.7. The summed E-state index contributed by atoms with van der Waals surface area (Å²) in [6.45, 7) is 13.1. The first-order valence-electron chi connectivity index (χ1n) is 10.9. The average Bonchev–Trinajstić information content (AvgIpc) is 2.63. The summed E-state index contributed by atoms with van der Waals surface area (Å²) in [6, 6.07) is -1.20. The highest BCUT2D eigenvalue weighted by molar-refractivity contribution is 5.94. The number of carbonyl (C=O) groups is 4. The molecule has 1 rings (SSSR count). The summed E-state index contributed by atoms with van der Waals surface area (Å²) in [6.07, 6.45) is 1.45. The van der Waals surface area contributed by atoms with Gasteiger partial charge in [-0.15, -0.1) is 0 Å². The van der Waals surface area contributed by atoms with Gasteiger partial charge in [0.25, 0.3) is 0 Å². The summed E-state index contributed by atoms with van der Waals surface area (Å²) in [4.78, 5) is 50.6. The van der Waals surface area contributed by atoms with Crippen molar-refractivity contribution in [3.8, 4) is 0 Å². The van der Waals surface area contributed by atoms with Crippen molar-refractivity contribution < 1.29 is 38.1 Å². The Bertz CT molecular complexity index is 688. The monoisotopic (exact) mass is 455 g/mol. The van der Waals surface area contributed by atoms with E-state index in [4.69, 9.17) is 18.9 Å². The van der Waals surface area contributed by atoms with Crippen LogP contribution in [0.3, 0.4) is 0 Å². The number of esters is 1. The van der Waals surface area contributed by atoms with Crippen LogP contribution in [-0.4, -0.2) is 58.3 Å². The average molecular weight is 456 g/mol. The fourth-order valence-corrected chi connectivity index (χ4v) is 2.97. The minimum atomic E-state index is -1.20. The largest absolute Gasteiger partial charge is 0.494 e.